The van der Waals surface area contributed by atoms with Crippen LogP contribution in [0.15, 0.2) is 24.3 Å². The number of unbranched alkanes of at least 4 members (excludes halogenated alkanes) is 41. The highest BCUT2D eigenvalue weighted by atomic mass is 31.2. The minimum Gasteiger partial charge on any atom is -0.756 e. The van der Waals surface area contributed by atoms with E-state index in [1.165, 1.54) is 244 Å². The van der Waals surface area contributed by atoms with Crippen LogP contribution in [0.3, 0.4) is 0 Å². The molecule has 410 valence electrons. The van der Waals surface area contributed by atoms with Crippen LogP contribution in [0.1, 0.15) is 303 Å². The van der Waals surface area contributed by atoms with Crippen LogP contribution in [0.5, 0.6) is 0 Å². The lowest BCUT2D eigenvalue weighted by Gasteiger charge is -2.29. The van der Waals surface area contributed by atoms with Crippen LogP contribution in [-0.2, 0) is 18.4 Å². The van der Waals surface area contributed by atoms with E-state index in [4.69, 9.17) is 9.05 Å². The number of aliphatic hydroxyl groups is 1. The largest absolute Gasteiger partial charge is 0.756 e. The van der Waals surface area contributed by atoms with E-state index >= 15 is 0 Å². The molecule has 0 saturated carbocycles. The highest BCUT2D eigenvalue weighted by molar-refractivity contribution is 7.45. The first kappa shape index (κ1) is 68.0. The zero-order chi connectivity index (χ0) is 50.6. The molecule has 3 unspecified atom stereocenters. The number of rotatable bonds is 56. The van der Waals surface area contributed by atoms with Crippen molar-refractivity contribution in [2.45, 2.75) is 315 Å². The lowest BCUT2D eigenvalue weighted by atomic mass is 10.0. The van der Waals surface area contributed by atoms with Gasteiger partial charge in [-0.15, -0.1) is 0 Å². The highest BCUT2D eigenvalue weighted by Crippen LogP contribution is 2.38. The number of likely N-dealkylation sites (N-methyl/N-ethyl adjacent to an activating group) is 1. The summed E-state index contributed by atoms with van der Waals surface area (Å²) in [5.41, 5.74) is 0. The molecule has 8 nitrogen and oxygen atoms in total. The van der Waals surface area contributed by atoms with Gasteiger partial charge in [0.15, 0.2) is 0 Å². The first-order valence-corrected chi connectivity index (χ1v) is 31.7. The van der Waals surface area contributed by atoms with Crippen molar-refractivity contribution < 1.29 is 32.9 Å². The fourth-order valence-corrected chi connectivity index (χ4v) is 9.87. The van der Waals surface area contributed by atoms with Crippen molar-refractivity contribution in [2.75, 3.05) is 40.9 Å². The van der Waals surface area contributed by atoms with Gasteiger partial charge in [0.2, 0.25) is 5.91 Å². The van der Waals surface area contributed by atoms with Crippen LogP contribution >= 0.6 is 7.82 Å². The van der Waals surface area contributed by atoms with Crippen LogP contribution < -0.4 is 10.2 Å². The van der Waals surface area contributed by atoms with E-state index in [9.17, 15) is 19.4 Å². The summed E-state index contributed by atoms with van der Waals surface area (Å²) in [6.07, 6.45) is 65.5. The van der Waals surface area contributed by atoms with Gasteiger partial charge in [0.1, 0.15) is 13.2 Å². The van der Waals surface area contributed by atoms with E-state index in [0.29, 0.717) is 17.4 Å². The second-order valence-corrected chi connectivity index (χ2v) is 23.5. The molecule has 0 aliphatic carbocycles. The van der Waals surface area contributed by atoms with E-state index in [1.807, 2.05) is 27.2 Å². The number of aliphatic hydroxyl groups excluding tert-OH is 1. The van der Waals surface area contributed by atoms with Gasteiger partial charge in [-0.2, -0.15) is 0 Å². The molecule has 0 aromatic carbocycles. The van der Waals surface area contributed by atoms with Gasteiger partial charge in [0.05, 0.1) is 39.9 Å². The second-order valence-electron chi connectivity index (χ2n) is 22.1. The maximum atomic E-state index is 13.0. The number of carbonyl (C=O) groups is 1. The van der Waals surface area contributed by atoms with Crippen LogP contribution in [0.2, 0.25) is 0 Å². The predicted octanol–water partition coefficient (Wildman–Crippen LogP) is 17.7. The predicted molar refractivity (Wildman–Crippen MR) is 298 cm³/mol. The Bertz CT molecular complexity index is 1170. The van der Waals surface area contributed by atoms with Gasteiger partial charge in [-0.05, 0) is 44.9 Å². The van der Waals surface area contributed by atoms with Gasteiger partial charge in [0, 0.05) is 6.42 Å². The molecule has 0 bridgehead atoms. The van der Waals surface area contributed by atoms with Gasteiger partial charge in [-0.1, -0.05) is 276 Å². The van der Waals surface area contributed by atoms with Crippen molar-refractivity contribution >= 4 is 13.7 Å². The molecule has 9 heteroatoms. The SMILES string of the molecule is CCCCCCCCCCCCCC/C=C\CCCCCCCCCCCCCCCC(=O)NC(COP(=O)([O-])OCC[N+](C)(C)C)C(O)/C=C/CCCCCCCCCCCCCCCCCC. The van der Waals surface area contributed by atoms with Crippen molar-refractivity contribution in [3.05, 3.63) is 24.3 Å². The quantitative estimate of drug-likeness (QED) is 0.0272. The third-order valence-corrected chi connectivity index (χ3v) is 14.9. The standard InChI is InChI=1S/C60H119N2O6P/c1-6-8-10-12-14-16-18-20-22-24-26-27-28-29-30-31-32-33-34-35-36-38-40-42-44-46-48-50-52-54-60(64)61-58(57-68-69(65,66)67-56-55-62(3,4)5)59(63)53-51-49-47-45-43-41-39-37-25-23-21-19-17-15-13-11-9-7-2/h29-30,51,53,58-59,63H,6-28,31-50,52,54-57H2,1-5H3,(H-,61,64,65,66)/b30-29-,53-51+. The molecular formula is C60H119N2O6P. The fraction of sp³-hybridized carbons (Fsp3) is 0.917. The molecule has 0 aliphatic heterocycles. The van der Waals surface area contributed by atoms with Crippen LogP contribution in [0.4, 0.5) is 0 Å². The molecule has 0 radical (unpaired) electrons. The Morgan fingerprint density at radius 1 is 0.493 bits per heavy atom. The average Bonchev–Trinajstić information content (AvgIpc) is 3.31. The van der Waals surface area contributed by atoms with E-state index < -0.39 is 20.0 Å². The van der Waals surface area contributed by atoms with Gasteiger partial charge in [-0.25, -0.2) is 0 Å². The van der Waals surface area contributed by atoms with E-state index in [2.05, 4.69) is 31.3 Å². The van der Waals surface area contributed by atoms with Gasteiger partial charge in [0.25, 0.3) is 7.82 Å². The zero-order valence-corrected chi connectivity index (χ0v) is 47.7. The minimum absolute atomic E-state index is 0.00105. The summed E-state index contributed by atoms with van der Waals surface area (Å²) >= 11 is 0. The maximum absolute atomic E-state index is 13.0. The van der Waals surface area contributed by atoms with Crippen molar-refractivity contribution in [1.29, 1.82) is 0 Å². The van der Waals surface area contributed by atoms with Gasteiger partial charge >= 0.3 is 0 Å². The molecule has 0 saturated heterocycles. The molecule has 0 spiro atoms. The second kappa shape index (κ2) is 51.9. The Balaban J connectivity index is 4.11. The molecule has 0 aromatic rings. The van der Waals surface area contributed by atoms with Crippen molar-refractivity contribution in [3.63, 3.8) is 0 Å². The van der Waals surface area contributed by atoms with Crippen LogP contribution in [0.25, 0.3) is 0 Å². The normalized spacial score (nSPS) is 14.0. The van der Waals surface area contributed by atoms with Gasteiger partial charge in [-0.3, -0.25) is 9.36 Å². The monoisotopic (exact) mass is 995 g/mol. The van der Waals surface area contributed by atoms with E-state index in [0.717, 1.165) is 38.5 Å². The van der Waals surface area contributed by atoms with E-state index in [-0.39, 0.29) is 19.1 Å². The summed E-state index contributed by atoms with van der Waals surface area (Å²) < 4.78 is 23.4. The number of phosphoric acid groups is 1. The minimum atomic E-state index is -4.59. The molecule has 0 fully saturated rings. The summed E-state index contributed by atoms with van der Waals surface area (Å²) in [5.74, 6) is -0.193. The van der Waals surface area contributed by atoms with E-state index in [1.54, 1.807) is 6.08 Å². The number of nitrogens with zero attached hydrogens (tertiary/aromatic N) is 1. The smallest absolute Gasteiger partial charge is 0.268 e. The fourth-order valence-electron chi connectivity index (χ4n) is 9.15. The number of nitrogens with one attached hydrogen (secondary N) is 1. The molecule has 69 heavy (non-hydrogen) atoms. The number of allylic oxidation sites excluding steroid dienone is 3. The highest BCUT2D eigenvalue weighted by Gasteiger charge is 2.23. The average molecular weight is 996 g/mol. The molecular weight excluding hydrogens is 876 g/mol. The Labute approximate surface area is 430 Å². The zero-order valence-electron chi connectivity index (χ0n) is 46.8. The third-order valence-electron chi connectivity index (χ3n) is 13.9. The van der Waals surface area contributed by atoms with Gasteiger partial charge < -0.3 is 28.8 Å². The maximum Gasteiger partial charge on any atom is 0.268 e. The topological polar surface area (TPSA) is 108 Å². The summed E-state index contributed by atoms with van der Waals surface area (Å²) in [6, 6.07) is -0.885. The number of phosphoric ester groups is 1. The summed E-state index contributed by atoms with van der Waals surface area (Å²) in [6.45, 7) is 4.69. The lowest BCUT2D eigenvalue weighted by Crippen LogP contribution is -2.45. The molecule has 0 heterocycles. The first-order valence-electron chi connectivity index (χ1n) is 30.2. The number of amides is 1. The summed E-state index contributed by atoms with van der Waals surface area (Å²) in [5, 5.41) is 13.9. The molecule has 3 atom stereocenters. The molecule has 2 N–H and O–H groups in total. The summed E-state index contributed by atoms with van der Waals surface area (Å²) in [7, 11) is 1.27. The third kappa shape index (κ3) is 54.6. The number of hydrogen-bond donors (Lipinski definition) is 2. The Hall–Kier alpha value is -1.02. The van der Waals surface area contributed by atoms with Crippen molar-refractivity contribution in [3.8, 4) is 0 Å². The van der Waals surface area contributed by atoms with Crippen LogP contribution in [0, 0.1) is 0 Å². The Morgan fingerprint density at radius 3 is 1.13 bits per heavy atom. The van der Waals surface area contributed by atoms with Crippen molar-refractivity contribution in [1.82, 2.24) is 5.32 Å². The summed E-state index contributed by atoms with van der Waals surface area (Å²) in [4.78, 5) is 25.5. The number of hydrogen-bond acceptors (Lipinski definition) is 6. The van der Waals surface area contributed by atoms with Crippen molar-refractivity contribution in [2.24, 2.45) is 0 Å². The number of carbonyl (C=O) groups excluding carboxylic acids is 1. The Morgan fingerprint density at radius 2 is 0.797 bits per heavy atom. The Kier molecular flexibility index (Phi) is 51.1. The molecule has 0 rings (SSSR count). The molecule has 1 amide bonds. The lowest BCUT2D eigenvalue weighted by molar-refractivity contribution is -0.870. The van der Waals surface area contributed by atoms with Crippen LogP contribution in [-0.4, -0.2) is 68.5 Å². The first-order chi connectivity index (χ1) is 33.5. The molecule has 0 aromatic heterocycles. The molecule has 0 aliphatic rings. The number of quaternary nitrogens is 1.